The molecule has 0 heterocycles. The van der Waals surface area contributed by atoms with Gasteiger partial charge in [0.2, 0.25) is 0 Å². The van der Waals surface area contributed by atoms with Gasteiger partial charge in [-0.2, -0.15) is 0 Å². The number of hydrogen-bond acceptors (Lipinski definition) is 1. The second-order valence-electron chi connectivity index (χ2n) is 5.01. The Labute approximate surface area is 116 Å². The molecule has 0 spiro atoms. The molecule has 2 heteroatoms. The van der Waals surface area contributed by atoms with E-state index in [1.165, 1.54) is 19.3 Å². The second-order valence-corrected chi connectivity index (χ2v) is 5.01. The zero-order valence-electron chi connectivity index (χ0n) is 12.0. The first-order valence-corrected chi connectivity index (χ1v) is 7.11. The summed E-state index contributed by atoms with van der Waals surface area (Å²) in [6.07, 6.45) is 7.40. The lowest BCUT2D eigenvalue weighted by Gasteiger charge is -2.17. The minimum Gasteiger partial charge on any atom is -0.478 e. The maximum absolute atomic E-state index is 11.2. The van der Waals surface area contributed by atoms with Gasteiger partial charge in [0.05, 0.1) is 5.56 Å². The van der Waals surface area contributed by atoms with Gasteiger partial charge < -0.3 is 5.11 Å². The summed E-state index contributed by atoms with van der Waals surface area (Å²) in [7, 11) is 0. The first-order valence-electron chi connectivity index (χ1n) is 7.11. The van der Waals surface area contributed by atoms with Gasteiger partial charge in [-0.25, -0.2) is 4.79 Å². The smallest absolute Gasteiger partial charge is 0.336 e. The molecule has 0 radical (unpaired) electrons. The van der Waals surface area contributed by atoms with Crippen LogP contribution >= 0.6 is 0 Å². The van der Waals surface area contributed by atoms with E-state index >= 15 is 0 Å². The Bertz CT molecular complexity index is 435. The predicted octanol–water partition coefficient (Wildman–Crippen LogP) is 4.79. The monoisotopic (exact) mass is 260 g/mol. The number of carboxylic acids is 1. The van der Waals surface area contributed by atoms with Crippen molar-refractivity contribution in [2.45, 2.75) is 46.0 Å². The van der Waals surface area contributed by atoms with Gasteiger partial charge in [-0.15, -0.1) is 0 Å². The summed E-state index contributed by atoms with van der Waals surface area (Å²) in [6.45, 7) is 8.17. The molecule has 1 atom stereocenters. The fourth-order valence-electron chi connectivity index (χ4n) is 2.47. The summed E-state index contributed by atoms with van der Waals surface area (Å²) >= 11 is 0. The lowest BCUT2D eigenvalue weighted by molar-refractivity contribution is 0.0696. The molecule has 0 fully saturated rings. The van der Waals surface area contributed by atoms with Crippen LogP contribution in [-0.4, -0.2) is 11.1 Å². The molecule has 0 aliphatic rings. The largest absolute Gasteiger partial charge is 0.478 e. The Kier molecular flexibility index (Phi) is 6.34. The van der Waals surface area contributed by atoms with Gasteiger partial charge in [0, 0.05) is 0 Å². The maximum Gasteiger partial charge on any atom is 0.336 e. The highest BCUT2D eigenvalue weighted by Crippen LogP contribution is 2.24. The fourth-order valence-corrected chi connectivity index (χ4v) is 2.47. The minimum absolute atomic E-state index is 0.359. The molecule has 1 aromatic carbocycles. The molecule has 0 saturated heterocycles. The molecule has 2 nitrogen and oxygen atoms in total. The Morgan fingerprint density at radius 1 is 1.42 bits per heavy atom. The van der Waals surface area contributed by atoms with E-state index in [0.717, 1.165) is 24.0 Å². The van der Waals surface area contributed by atoms with E-state index in [1.54, 1.807) is 12.1 Å². The molecule has 0 saturated carbocycles. The van der Waals surface area contributed by atoms with Crippen LogP contribution in [0.15, 0.2) is 24.8 Å². The highest BCUT2D eigenvalue weighted by atomic mass is 16.4. The molecule has 1 rings (SSSR count). The number of aromatic carboxylic acids is 1. The highest BCUT2D eigenvalue weighted by molar-refractivity contribution is 5.92. The summed E-state index contributed by atoms with van der Waals surface area (Å²) in [5.41, 5.74) is 2.25. The van der Waals surface area contributed by atoms with Crippen molar-refractivity contribution in [3.05, 3.63) is 41.5 Å². The fraction of sp³-hybridized carbons (Fsp3) is 0.471. The van der Waals surface area contributed by atoms with Gasteiger partial charge in [0.25, 0.3) is 0 Å². The average molecular weight is 260 g/mol. The van der Waals surface area contributed by atoms with E-state index in [-0.39, 0.29) is 0 Å². The van der Waals surface area contributed by atoms with Gasteiger partial charge in [-0.3, -0.25) is 0 Å². The SMILES string of the molecule is C=Cc1c(CC(CC)CCCC)cccc1C(=O)O. The molecule has 0 aliphatic heterocycles. The summed E-state index contributed by atoms with van der Waals surface area (Å²) in [5, 5.41) is 9.21. The summed E-state index contributed by atoms with van der Waals surface area (Å²) in [4.78, 5) is 11.2. The van der Waals surface area contributed by atoms with Gasteiger partial charge >= 0.3 is 5.97 Å². The summed E-state index contributed by atoms with van der Waals surface area (Å²) in [5.74, 6) is -0.249. The lowest BCUT2D eigenvalue weighted by Crippen LogP contribution is -2.08. The first kappa shape index (κ1) is 15.5. The van der Waals surface area contributed by atoms with E-state index in [1.807, 2.05) is 12.1 Å². The van der Waals surface area contributed by atoms with Gasteiger partial charge in [-0.1, -0.05) is 64.3 Å². The normalized spacial score (nSPS) is 12.1. The van der Waals surface area contributed by atoms with Crippen molar-refractivity contribution in [1.29, 1.82) is 0 Å². The van der Waals surface area contributed by atoms with Crippen molar-refractivity contribution in [2.24, 2.45) is 5.92 Å². The molecule has 1 aromatic rings. The minimum atomic E-state index is -0.877. The van der Waals surface area contributed by atoms with Crippen LogP contribution in [0.2, 0.25) is 0 Å². The number of carboxylic acid groups (broad SMARTS) is 1. The van der Waals surface area contributed by atoms with Crippen LogP contribution in [0, 0.1) is 5.92 Å². The molecular formula is C17H24O2. The van der Waals surface area contributed by atoms with Crippen molar-refractivity contribution in [1.82, 2.24) is 0 Å². The van der Waals surface area contributed by atoms with E-state index in [0.29, 0.717) is 11.5 Å². The Hall–Kier alpha value is -1.57. The quantitative estimate of drug-likeness (QED) is 0.730. The lowest BCUT2D eigenvalue weighted by atomic mass is 9.88. The maximum atomic E-state index is 11.2. The van der Waals surface area contributed by atoms with Gasteiger partial charge in [0.15, 0.2) is 0 Å². The molecule has 0 amide bonds. The Morgan fingerprint density at radius 3 is 2.68 bits per heavy atom. The number of benzene rings is 1. The van der Waals surface area contributed by atoms with Crippen molar-refractivity contribution in [3.8, 4) is 0 Å². The standard InChI is InChI=1S/C17H24O2/c1-4-7-9-13(5-2)12-14-10-8-11-16(17(18)19)15(14)6-3/h6,8,10-11,13H,3-5,7,9,12H2,1-2H3,(H,18,19). The molecule has 0 bridgehead atoms. The van der Waals surface area contributed by atoms with Gasteiger partial charge in [0.1, 0.15) is 0 Å². The molecule has 104 valence electrons. The molecule has 0 aromatic heterocycles. The van der Waals surface area contributed by atoms with E-state index in [4.69, 9.17) is 0 Å². The van der Waals surface area contributed by atoms with E-state index in [9.17, 15) is 9.90 Å². The highest BCUT2D eigenvalue weighted by Gasteiger charge is 2.14. The number of hydrogen-bond donors (Lipinski definition) is 1. The van der Waals surface area contributed by atoms with Crippen LogP contribution in [0.3, 0.4) is 0 Å². The Balaban J connectivity index is 2.96. The third kappa shape index (κ3) is 4.23. The zero-order chi connectivity index (χ0) is 14.3. The van der Waals surface area contributed by atoms with Crippen molar-refractivity contribution < 1.29 is 9.90 Å². The van der Waals surface area contributed by atoms with Crippen LogP contribution in [0.5, 0.6) is 0 Å². The topological polar surface area (TPSA) is 37.3 Å². The molecular weight excluding hydrogens is 236 g/mol. The summed E-state index contributed by atoms with van der Waals surface area (Å²) in [6, 6.07) is 5.51. The predicted molar refractivity (Wildman–Crippen MR) is 80.5 cm³/mol. The molecule has 1 unspecified atom stereocenters. The molecule has 1 N–H and O–H groups in total. The Morgan fingerprint density at radius 2 is 2.16 bits per heavy atom. The third-order valence-electron chi connectivity index (χ3n) is 3.68. The van der Waals surface area contributed by atoms with Crippen molar-refractivity contribution >= 4 is 12.0 Å². The van der Waals surface area contributed by atoms with Crippen molar-refractivity contribution in [3.63, 3.8) is 0 Å². The molecule has 19 heavy (non-hydrogen) atoms. The first-order chi connectivity index (χ1) is 9.13. The molecule has 0 aliphatic carbocycles. The van der Waals surface area contributed by atoms with E-state index < -0.39 is 5.97 Å². The van der Waals surface area contributed by atoms with Crippen LogP contribution < -0.4 is 0 Å². The van der Waals surface area contributed by atoms with Crippen LogP contribution in [-0.2, 0) is 6.42 Å². The second kappa shape index (κ2) is 7.78. The van der Waals surface area contributed by atoms with Crippen molar-refractivity contribution in [2.75, 3.05) is 0 Å². The van der Waals surface area contributed by atoms with Crippen LogP contribution in [0.1, 0.15) is 61.0 Å². The van der Waals surface area contributed by atoms with Crippen LogP contribution in [0.4, 0.5) is 0 Å². The average Bonchev–Trinajstić information content (AvgIpc) is 2.42. The zero-order valence-corrected chi connectivity index (χ0v) is 12.0. The summed E-state index contributed by atoms with van der Waals surface area (Å²) < 4.78 is 0. The van der Waals surface area contributed by atoms with E-state index in [2.05, 4.69) is 20.4 Å². The number of carbonyl (C=O) groups is 1. The third-order valence-corrected chi connectivity index (χ3v) is 3.68. The number of unbranched alkanes of at least 4 members (excludes halogenated alkanes) is 1. The van der Waals surface area contributed by atoms with Gasteiger partial charge in [-0.05, 0) is 29.5 Å². The number of rotatable bonds is 8. The van der Waals surface area contributed by atoms with Crippen LogP contribution in [0.25, 0.3) is 6.08 Å².